The average molecular weight is 697 g/mol. The van der Waals surface area contributed by atoms with E-state index in [2.05, 4.69) is 17.6 Å². The molecule has 11 nitrogen and oxygen atoms in total. The molecule has 0 spiro atoms. The number of carboxylic acid groups (broad SMARTS) is 1. The first kappa shape index (κ1) is 38.0. The number of carboxylic acids is 1. The summed E-state index contributed by atoms with van der Waals surface area (Å²) in [7, 11) is 2.98. The van der Waals surface area contributed by atoms with Gasteiger partial charge in [0.25, 0.3) is 5.91 Å². The number of carbonyl (C=O) groups is 4. The fraction of sp³-hybridized carbons (Fsp3) is 0.300. The Hall–Kier alpha value is -5.84. The quantitative estimate of drug-likeness (QED) is 0.0542. The largest absolute Gasteiger partial charge is 0.497 e. The van der Waals surface area contributed by atoms with Crippen molar-refractivity contribution in [3.8, 4) is 23.0 Å². The normalized spacial score (nSPS) is 11.2. The topological polar surface area (TPSA) is 149 Å². The van der Waals surface area contributed by atoms with Gasteiger partial charge in [0, 0.05) is 17.7 Å². The summed E-state index contributed by atoms with van der Waals surface area (Å²) in [5.41, 5.74) is 2.38. The molecule has 0 aromatic heterocycles. The van der Waals surface area contributed by atoms with Crippen LogP contribution in [0.15, 0.2) is 91.0 Å². The van der Waals surface area contributed by atoms with Crippen LogP contribution < -0.4 is 29.6 Å². The maximum absolute atomic E-state index is 13.0. The first-order valence-corrected chi connectivity index (χ1v) is 16.9. The molecule has 0 saturated carbocycles. The van der Waals surface area contributed by atoms with Gasteiger partial charge in [0.1, 0.15) is 17.5 Å². The number of esters is 1. The summed E-state index contributed by atoms with van der Waals surface area (Å²) in [6, 6.07) is 23.4. The molecule has 0 fully saturated rings. The number of unbranched alkanes of at least 4 members (excludes halogenated alkanes) is 4. The molecule has 51 heavy (non-hydrogen) atoms. The van der Waals surface area contributed by atoms with E-state index in [0.717, 1.165) is 18.4 Å². The predicted octanol–water partition coefficient (Wildman–Crippen LogP) is 6.88. The van der Waals surface area contributed by atoms with E-state index in [4.69, 9.17) is 18.9 Å². The summed E-state index contributed by atoms with van der Waals surface area (Å²) < 4.78 is 21.9. The molecule has 0 saturated heterocycles. The van der Waals surface area contributed by atoms with Gasteiger partial charge in [0.05, 0.1) is 32.8 Å². The first-order valence-electron chi connectivity index (χ1n) is 16.9. The van der Waals surface area contributed by atoms with Gasteiger partial charge in [-0.2, -0.15) is 0 Å². The maximum Gasteiger partial charge on any atom is 0.343 e. The van der Waals surface area contributed by atoms with Crippen molar-refractivity contribution in [3.05, 3.63) is 113 Å². The molecular formula is C40H44N2O9. The monoisotopic (exact) mass is 696 g/mol. The molecule has 0 heterocycles. The molecule has 0 aliphatic rings. The second-order valence-electron chi connectivity index (χ2n) is 11.9. The van der Waals surface area contributed by atoms with Crippen molar-refractivity contribution in [2.75, 3.05) is 26.1 Å². The van der Waals surface area contributed by atoms with Crippen LogP contribution in [-0.2, 0) is 22.4 Å². The Morgan fingerprint density at radius 1 is 0.706 bits per heavy atom. The lowest BCUT2D eigenvalue weighted by molar-refractivity contribution is -0.139. The summed E-state index contributed by atoms with van der Waals surface area (Å²) in [5, 5.41) is 15.2. The van der Waals surface area contributed by atoms with E-state index >= 15 is 0 Å². The average Bonchev–Trinajstić information content (AvgIpc) is 3.14. The number of ether oxygens (including phenoxy) is 4. The second kappa shape index (κ2) is 19.4. The highest BCUT2D eigenvalue weighted by atomic mass is 16.6. The Labute approximate surface area is 297 Å². The van der Waals surface area contributed by atoms with Gasteiger partial charge in [-0.3, -0.25) is 9.59 Å². The molecule has 3 N–H and O–H groups in total. The van der Waals surface area contributed by atoms with Gasteiger partial charge in [0.2, 0.25) is 5.91 Å². The fourth-order valence-electron chi connectivity index (χ4n) is 5.18. The smallest absolute Gasteiger partial charge is 0.343 e. The molecule has 0 aliphatic heterocycles. The lowest BCUT2D eigenvalue weighted by Crippen LogP contribution is -2.42. The number of rotatable bonds is 19. The number of benzene rings is 4. The Morgan fingerprint density at radius 2 is 1.35 bits per heavy atom. The molecule has 1 atom stereocenters. The zero-order valence-corrected chi connectivity index (χ0v) is 29.1. The van der Waals surface area contributed by atoms with Crippen LogP contribution in [0.4, 0.5) is 5.69 Å². The van der Waals surface area contributed by atoms with Crippen molar-refractivity contribution in [3.63, 3.8) is 0 Å². The van der Waals surface area contributed by atoms with E-state index in [0.29, 0.717) is 34.9 Å². The number of hydrogen-bond donors (Lipinski definition) is 3. The number of anilines is 1. The predicted molar refractivity (Wildman–Crippen MR) is 193 cm³/mol. The van der Waals surface area contributed by atoms with Gasteiger partial charge < -0.3 is 34.7 Å². The van der Waals surface area contributed by atoms with E-state index in [1.807, 2.05) is 0 Å². The van der Waals surface area contributed by atoms with Crippen molar-refractivity contribution >= 4 is 29.4 Å². The number of nitrogens with one attached hydrogen (secondary N) is 2. The number of methoxy groups -OCH3 is 2. The summed E-state index contributed by atoms with van der Waals surface area (Å²) in [6.07, 6.45) is 5.79. The Morgan fingerprint density at radius 3 is 2.00 bits per heavy atom. The number of hydrogen-bond acceptors (Lipinski definition) is 8. The molecule has 2 amide bonds. The third-order valence-corrected chi connectivity index (χ3v) is 8.04. The number of carbonyl (C=O) groups excluding carboxylic acids is 3. The van der Waals surface area contributed by atoms with Gasteiger partial charge in [-0.25, -0.2) is 9.59 Å². The zero-order valence-electron chi connectivity index (χ0n) is 29.1. The third kappa shape index (κ3) is 11.9. The number of amides is 2. The summed E-state index contributed by atoms with van der Waals surface area (Å²) >= 11 is 0. The Bertz CT molecular complexity index is 1750. The summed E-state index contributed by atoms with van der Waals surface area (Å²) in [5.74, 6) is -0.904. The van der Waals surface area contributed by atoms with Crippen LogP contribution in [0, 0.1) is 0 Å². The molecule has 0 bridgehead atoms. The van der Waals surface area contributed by atoms with Crippen molar-refractivity contribution in [1.29, 1.82) is 0 Å². The van der Waals surface area contributed by atoms with Crippen LogP contribution >= 0.6 is 0 Å². The molecule has 4 aromatic carbocycles. The molecule has 0 radical (unpaired) electrons. The molecule has 268 valence electrons. The molecule has 4 aromatic rings. The number of aliphatic carboxylic acids is 1. The van der Waals surface area contributed by atoms with Crippen molar-refractivity contribution in [2.45, 2.75) is 57.9 Å². The van der Waals surface area contributed by atoms with Crippen molar-refractivity contribution in [1.82, 2.24) is 5.32 Å². The van der Waals surface area contributed by atoms with Crippen LogP contribution in [0.25, 0.3) is 0 Å². The minimum atomic E-state index is -1.27. The Kier molecular flexibility index (Phi) is 14.4. The van der Waals surface area contributed by atoms with E-state index in [9.17, 15) is 24.3 Å². The van der Waals surface area contributed by atoms with Gasteiger partial charge >= 0.3 is 11.9 Å². The van der Waals surface area contributed by atoms with E-state index in [1.54, 1.807) is 79.9 Å². The molecule has 4 rings (SSSR count). The van der Waals surface area contributed by atoms with Gasteiger partial charge in [-0.1, -0.05) is 50.8 Å². The molecule has 11 heteroatoms. The highest BCUT2D eigenvalue weighted by Crippen LogP contribution is 2.30. The summed E-state index contributed by atoms with van der Waals surface area (Å²) in [6.45, 7) is 2.79. The molecule has 0 aliphatic carbocycles. The van der Waals surface area contributed by atoms with E-state index in [1.165, 1.54) is 44.6 Å². The van der Waals surface area contributed by atoms with Crippen LogP contribution in [0.5, 0.6) is 23.0 Å². The van der Waals surface area contributed by atoms with Gasteiger partial charge in [-0.05, 0) is 90.3 Å². The lowest BCUT2D eigenvalue weighted by Gasteiger charge is -2.16. The van der Waals surface area contributed by atoms with Gasteiger partial charge in [0.15, 0.2) is 11.5 Å². The SMILES string of the molecule is CCCCCCCOc1ccc(C(=O)Oc2ccc(CC(NC(=O)c3ccc(NC(=O)Cc4ccc(OC)cc4)cc3)C(=O)O)cc2OC)cc1. The highest BCUT2D eigenvalue weighted by Gasteiger charge is 2.23. The third-order valence-electron chi connectivity index (χ3n) is 8.04. The van der Waals surface area contributed by atoms with Crippen molar-refractivity contribution < 1.29 is 43.2 Å². The van der Waals surface area contributed by atoms with Crippen LogP contribution in [0.1, 0.15) is 70.9 Å². The van der Waals surface area contributed by atoms with E-state index < -0.39 is 23.9 Å². The minimum Gasteiger partial charge on any atom is -0.497 e. The molecule has 1 unspecified atom stereocenters. The fourth-order valence-corrected chi connectivity index (χ4v) is 5.18. The summed E-state index contributed by atoms with van der Waals surface area (Å²) in [4.78, 5) is 50.4. The minimum absolute atomic E-state index is 0.0643. The van der Waals surface area contributed by atoms with Crippen LogP contribution in [-0.4, -0.2) is 55.7 Å². The molecular weight excluding hydrogens is 652 g/mol. The highest BCUT2D eigenvalue weighted by molar-refractivity contribution is 5.98. The lowest BCUT2D eigenvalue weighted by atomic mass is 10.0. The van der Waals surface area contributed by atoms with Crippen molar-refractivity contribution in [2.24, 2.45) is 0 Å². The second-order valence-corrected chi connectivity index (χ2v) is 11.9. The zero-order chi connectivity index (χ0) is 36.6. The Balaban J connectivity index is 1.30. The van der Waals surface area contributed by atoms with Crippen LogP contribution in [0.2, 0.25) is 0 Å². The maximum atomic E-state index is 13.0. The standard InChI is InChI=1S/C40H44N2O9/c1-4-5-6-7-8-23-50-33-20-14-30(15-21-33)40(47)51-35-22-11-28(25-36(35)49-3)24-34(39(45)46)42-38(44)29-12-16-31(17-13-29)41-37(43)26-27-9-18-32(48-2)19-10-27/h9-22,25,34H,4-8,23-24,26H2,1-3H3,(H,41,43)(H,42,44)(H,45,46). The van der Waals surface area contributed by atoms with E-state index in [-0.39, 0.29) is 35.8 Å². The van der Waals surface area contributed by atoms with Crippen LogP contribution in [0.3, 0.4) is 0 Å². The first-order chi connectivity index (χ1) is 24.7. The van der Waals surface area contributed by atoms with Gasteiger partial charge in [-0.15, -0.1) is 0 Å².